The molecular weight excluding hydrogens is 232 g/mol. The standard InChI is InChI=1S/C10H21F2N3O2/c11-9(12)8-15(6-7-16)5-3-1-2-4-10(17)14-13/h9,16H,1-8,13H2,(H,14,17). The van der Waals surface area contributed by atoms with E-state index in [4.69, 9.17) is 10.9 Å². The first-order valence-electron chi connectivity index (χ1n) is 5.71. The van der Waals surface area contributed by atoms with Gasteiger partial charge in [0.2, 0.25) is 5.91 Å². The topological polar surface area (TPSA) is 78.6 Å². The molecule has 0 fully saturated rings. The average molecular weight is 253 g/mol. The van der Waals surface area contributed by atoms with Crippen LogP contribution in [0, 0.1) is 0 Å². The van der Waals surface area contributed by atoms with Crippen molar-refractivity contribution in [2.75, 3.05) is 26.2 Å². The number of alkyl halides is 2. The largest absolute Gasteiger partial charge is 0.395 e. The zero-order valence-corrected chi connectivity index (χ0v) is 9.87. The smallest absolute Gasteiger partial charge is 0.251 e. The molecule has 0 heterocycles. The van der Waals surface area contributed by atoms with Gasteiger partial charge in [-0.2, -0.15) is 0 Å². The van der Waals surface area contributed by atoms with E-state index in [2.05, 4.69) is 0 Å². The van der Waals surface area contributed by atoms with Gasteiger partial charge in [0.05, 0.1) is 13.2 Å². The Morgan fingerprint density at radius 3 is 2.53 bits per heavy atom. The average Bonchev–Trinajstić information content (AvgIpc) is 2.27. The quantitative estimate of drug-likeness (QED) is 0.223. The Bertz CT molecular complexity index is 206. The summed E-state index contributed by atoms with van der Waals surface area (Å²) in [5, 5.41) is 8.70. The Kier molecular flexibility index (Phi) is 9.89. The maximum absolute atomic E-state index is 12.1. The molecule has 0 aromatic rings. The molecule has 102 valence electrons. The molecule has 7 heteroatoms. The van der Waals surface area contributed by atoms with Crippen LogP contribution in [-0.2, 0) is 4.79 Å². The molecule has 0 radical (unpaired) electrons. The normalized spacial score (nSPS) is 11.2. The number of aliphatic hydroxyl groups is 1. The molecule has 0 aliphatic rings. The zero-order chi connectivity index (χ0) is 13.1. The minimum Gasteiger partial charge on any atom is -0.395 e. The van der Waals surface area contributed by atoms with Crippen molar-refractivity contribution in [1.82, 2.24) is 10.3 Å². The summed E-state index contributed by atoms with van der Waals surface area (Å²) < 4.78 is 24.3. The molecule has 0 rings (SSSR count). The molecule has 4 N–H and O–H groups in total. The first kappa shape index (κ1) is 16.2. The van der Waals surface area contributed by atoms with Crippen molar-refractivity contribution in [2.24, 2.45) is 5.84 Å². The SMILES string of the molecule is NNC(=O)CCCCCN(CCO)CC(F)F. The van der Waals surface area contributed by atoms with Gasteiger partial charge in [-0.15, -0.1) is 0 Å². The summed E-state index contributed by atoms with van der Waals surface area (Å²) in [4.78, 5) is 12.3. The molecule has 0 atom stereocenters. The first-order valence-corrected chi connectivity index (χ1v) is 5.71. The number of hydrazine groups is 1. The third-order valence-electron chi connectivity index (χ3n) is 2.35. The van der Waals surface area contributed by atoms with Crippen molar-refractivity contribution in [2.45, 2.75) is 32.1 Å². The number of nitrogens with two attached hydrogens (primary N) is 1. The van der Waals surface area contributed by atoms with Crippen LogP contribution >= 0.6 is 0 Å². The minimum absolute atomic E-state index is 0.123. The Morgan fingerprint density at radius 1 is 1.29 bits per heavy atom. The highest BCUT2D eigenvalue weighted by molar-refractivity contribution is 5.74. The van der Waals surface area contributed by atoms with Gasteiger partial charge >= 0.3 is 0 Å². The monoisotopic (exact) mass is 253 g/mol. The summed E-state index contributed by atoms with van der Waals surface area (Å²) in [6.45, 7) is 0.328. The van der Waals surface area contributed by atoms with Gasteiger partial charge in [0, 0.05) is 13.0 Å². The van der Waals surface area contributed by atoms with Crippen LogP contribution in [0.4, 0.5) is 8.78 Å². The summed E-state index contributed by atoms with van der Waals surface area (Å²) in [6, 6.07) is 0. The third kappa shape index (κ3) is 10.1. The molecule has 0 aromatic heterocycles. The lowest BCUT2D eigenvalue weighted by atomic mass is 10.2. The number of nitrogens with zero attached hydrogens (tertiary/aromatic N) is 1. The van der Waals surface area contributed by atoms with Crippen LogP contribution in [0.2, 0.25) is 0 Å². The molecule has 0 aliphatic heterocycles. The van der Waals surface area contributed by atoms with Gasteiger partial charge < -0.3 is 5.11 Å². The van der Waals surface area contributed by atoms with E-state index in [-0.39, 0.29) is 25.6 Å². The molecule has 1 amide bonds. The van der Waals surface area contributed by atoms with Crippen molar-refractivity contribution in [3.8, 4) is 0 Å². The lowest BCUT2D eigenvalue weighted by molar-refractivity contribution is -0.121. The number of hydrogen-bond donors (Lipinski definition) is 3. The number of unbranched alkanes of at least 4 members (excludes halogenated alkanes) is 2. The summed E-state index contributed by atoms with van der Waals surface area (Å²) in [7, 11) is 0. The van der Waals surface area contributed by atoms with Gasteiger partial charge in [0.1, 0.15) is 0 Å². The van der Waals surface area contributed by atoms with E-state index in [0.717, 1.165) is 12.8 Å². The summed E-state index contributed by atoms with van der Waals surface area (Å²) in [5.74, 6) is 4.69. The molecule has 0 bridgehead atoms. The fraction of sp³-hybridized carbons (Fsp3) is 0.900. The van der Waals surface area contributed by atoms with Crippen molar-refractivity contribution < 1.29 is 18.7 Å². The number of hydrogen-bond acceptors (Lipinski definition) is 4. The highest BCUT2D eigenvalue weighted by Gasteiger charge is 2.10. The Hall–Kier alpha value is -0.790. The van der Waals surface area contributed by atoms with Crippen molar-refractivity contribution in [3.05, 3.63) is 0 Å². The third-order valence-corrected chi connectivity index (χ3v) is 2.35. The van der Waals surface area contributed by atoms with Crippen LogP contribution < -0.4 is 11.3 Å². The summed E-state index contributed by atoms with van der Waals surface area (Å²) >= 11 is 0. The second-order valence-corrected chi connectivity index (χ2v) is 3.79. The van der Waals surface area contributed by atoms with E-state index in [0.29, 0.717) is 19.4 Å². The van der Waals surface area contributed by atoms with Gasteiger partial charge in [0.25, 0.3) is 6.43 Å². The van der Waals surface area contributed by atoms with E-state index in [1.54, 1.807) is 0 Å². The first-order chi connectivity index (χ1) is 8.10. The number of aliphatic hydroxyl groups excluding tert-OH is 1. The van der Waals surface area contributed by atoms with Crippen LogP contribution in [0.1, 0.15) is 25.7 Å². The van der Waals surface area contributed by atoms with E-state index >= 15 is 0 Å². The second-order valence-electron chi connectivity index (χ2n) is 3.79. The van der Waals surface area contributed by atoms with Gasteiger partial charge in [-0.05, 0) is 19.4 Å². The van der Waals surface area contributed by atoms with Crippen LogP contribution in [0.15, 0.2) is 0 Å². The van der Waals surface area contributed by atoms with Gasteiger partial charge in [-0.3, -0.25) is 15.1 Å². The lowest BCUT2D eigenvalue weighted by Crippen LogP contribution is -2.32. The van der Waals surface area contributed by atoms with Crippen molar-refractivity contribution >= 4 is 5.91 Å². The Balaban J connectivity index is 3.56. The molecule has 0 aromatic carbocycles. The predicted octanol–water partition coefficient (Wildman–Crippen LogP) is 0.0961. The van der Waals surface area contributed by atoms with E-state index in [1.165, 1.54) is 4.90 Å². The second kappa shape index (κ2) is 10.4. The van der Waals surface area contributed by atoms with Crippen molar-refractivity contribution in [3.63, 3.8) is 0 Å². The van der Waals surface area contributed by atoms with Crippen LogP contribution in [0.25, 0.3) is 0 Å². The zero-order valence-electron chi connectivity index (χ0n) is 9.87. The number of rotatable bonds is 10. The van der Waals surface area contributed by atoms with Crippen LogP contribution in [0.5, 0.6) is 0 Å². The molecule has 17 heavy (non-hydrogen) atoms. The fourth-order valence-corrected chi connectivity index (χ4v) is 1.50. The number of carbonyl (C=O) groups is 1. The molecule has 5 nitrogen and oxygen atoms in total. The summed E-state index contributed by atoms with van der Waals surface area (Å²) in [6.07, 6.45) is 0.156. The number of nitrogens with one attached hydrogen (secondary N) is 1. The maximum Gasteiger partial charge on any atom is 0.251 e. The fourth-order valence-electron chi connectivity index (χ4n) is 1.50. The number of amides is 1. The molecule has 0 aliphatic carbocycles. The molecule has 0 spiro atoms. The van der Waals surface area contributed by atoms with Gasteiger partial charge in [0.15, 0.2) is 0 Å². The Labute approximate surface area is 99.9 Å². The number of halogens is 2. The highest BCUT2D eigenvalue weighted by Crippen LogP contribution is 2.04. The predicted molar refractivity (Wildman–Crippen MR) is 60.3 cm³/mol. The van der Waals surface area contributed by atoms with E-state index < -0.39 is 6.43 Å². The molecule has 0 saturated carbocycles. The molecular formula is C10H21F2N3O2. The molecule has 0 saturated heterocycles. The molecule has 0 unspecified atom stereocenters. The summed E-state index contributed by atoms with van der Waals surface area (Å²) in [5.41, 5.74) is 2.03. The maximum atomic E-state index is 12.1. The van der Waals surface area contributed by atoms with Crippen LogP contribution in [-0.4, -0.2) is 48.6 Å². The van der Waals surface area contributed by atoms with Crippen LogP contribution in [0.3, 0.4) is 0 Å². The van der Waals surface area contributed by atoms with E-state index in [9.17, 15) is 13.6 Å². The number of carbonyl (C=O) groups excluding carboxylic acids is 1. The minimum atomic E-state index is -2.38. The lowest BCUT2D eigenvalue weighted by Gasteiger charge is -2.20. The Morgan fingerprint density at radius 2 is 2.00 bits per heavy atom. The van der Waals surface area contributed by atoms with Crippen molar-refractivity contribution in [1.29, 1.82) is 0 Å². The van der Waals surface area contributed by atoms with Gasteiger partial charge in [-0.25, -0.2) is 14.6 Å². The highest BCUT2D eigenvalue weighted by atomic mass is 19.3. The van der Waals surface area contributed by atoms with E-state index in [1.807, 2.05) is 5.43 Å². The van der Waals surface area contributed by atoms with Gasteiger partial charge in [-0.1, -0.05) is 6.42 Å².